The fraction of sp³-hybridized carbons (Fsp3) is 0.200. The third-order valence-corrected chi connectivity index (χ3v) is 5.49. The van der Waals surface area contributed by atoms with E-state index in [-0.39, 0.29) is 17.2 Å². The van der Waals surface area contributed by atoms with Gasteiger partial charge in [0.1, 0.15) is 0 Å². The second-order valence-electron chi connectivity index (χ2n) is 7.56. The molecule has 2 N–H and O–H groups in total. The number of benzene rings is 3. The predicted molar refractivity (Wildman–Crippen MR) is 126 cm³/mol. The zero-order valence-electron chi connectivity index (χ0n) is 17.8. The maximum Gasteiger partial charge on any atom is 0.336 e. The van der Waals surface area contributed by atoms with Crippen LogP contribution in [0.5, 0.6) is 0 Å². The Bertz CT molecular complexity index is 1160. The van der Waals surface area contributed by atoms with E-state index in [2.05, 4.69) is 5.32 Å². The molecule has 0 aliphatic heterocycles. The van der Waals surface area contributed by atoms with Crippen LogP contribution in [0.2, 0.25) is 5.02 Å². The first-order valence-corrected chi connectivity index (χ1v) is 10.8. The molecule has 1 amide bonds. The highest BCUT2D eigenvalue weighted by Crippen LogP contribution is 2.25. The Morgan fingerprint density at radius 2 is 1.73 bits per heavy atom. The summed E-state index contributed by atoms with van der Waals surface area (Å²) < 4.78 is 0. The van der Waals surface area contributed by atoms with Crippen molar-refractivity contribution in [3.05, 3.63) is 98.6 Å². The number of carbonyl (C=O) groups excluding carboxylic acids is 1. The number of carbonyl (C=O) groups is 2. The number of rotatable bonds is 10. The Labute approximate surface area is 196 Å². The molecule has 0 saturated heterocycles. The number of nitrogens with one attached hydrogen (secondary N) is 1. The van der Waals surface area contributed by atoms with Gasteiger partial charge >= 0.3 is 5.97 Å². The van der Waals surface area contributed by atoms with Gasteiger partial charge in [-0.15, -0.1) is 0 Å². The molecule has 0 unspecified atom stereocenters. The molecule has 0 bridgehead atoms. The topological polar surface area (TPSA) is 110 Å². The Kier molecular flexibility index (Phi) is 8.16. The van der Waals surface area contributed by atoms with Gasteiger partial charge in [0.15, 0.2) is 0 Å². The quantitative estimate of drug-likeness (QED) is 0.228. The van der Waals surface area contributed by atoms with Gasteiger partial charge < -0.3 is 10.4 Å². The number of hydrogen-bond donors (Lipinski definition) is 2. The van der Waals surface area contributed by atoms with Gasteiger partial charge in [-0.3, -0.25) is 14.9 Å². The molecule has 0 radical (unpaired) electrons. The van der Waals surface area contributed by atoms with Gasteiger partial charge in [-0.05, 0) is 54.2 Å². The highest BCUT2D eigenvalue weighted by atomic mass is 35.5. The van der Waals surface area contributed by atoms with E-state index < -0.39 is 10.9 Å². The third kappa shape index (κ3) is 6.63. The molecule has 7 nitrogen and oxygen atoms in total. The van der Waals surface area contributed by atoms with Crippen molar-refractivity contribution in [3.8, 4) is 11.1 Å². The van der Waals surface area contributed by atoms with Crippen molar-refractivity contribution in [1.82, 2.24) is 5.32 Å². The molecule has 0 fully saturated rings. The van der Waals surface area contributed by atoms with Crippen LogP contribution < -0.4 is 5.32 Å². The number of aryl methyl sites for hydroxylation is 1. The lowest BCUT2D eigenvalue weighted by atomic mass is 9.99. The molecule has 0 spiro atoms. The molecule has 3 aromatic carbocycles. The molecule has 0 saturated carbocycles. The van der Waals surface area contributed by atoms with Gasteiger partial charge in [-0.2, -0.15) is 0 Å². The van der Waals surface area contributed by atoms with Crippen LogP contribution in [0.15, 0.2) is 66.7 Å². The minimum absolute atomic E-state index is 0.0401. The van der Waals surface area contributed by atoms with E-state index in [9.17, 15) is 24.8 Å². The second-order valence-corrected chi connectivity index (χ2v) is 8.00. The zero-order valence-corrected chi connectivity index (χ0v) is 18.5. The number of unbranched alkanes of at least 4 members (excludes halogenated alkanes) is 1. The van der Waals surface area contributed by atoms with E-state index in [1.54, 1.807) is 30.3 Å². The van der Waals surface area contributed by atoms with Crippen LogP contribution in [0.4, 0.5) is 5.69 Å². The van der Waals surface area contributed by atoms with Gasteiger partial charge in [0.05, 0.1) is 10.5 Å². The Morgan fingerprint density at radius 1 is 1.00 bits per heavy atom. The van der Waals surface area contributed by atoms with E-state index in [0.717, 1.165) is 11.1 Å². The molecule has 3 aromatic rings. The Morgan fingerprint density at radius 3 is 2.42 bits per heavy atom. The molecule has 8 heteroatoms. The minimum Gasteiger partial charge on any atom is -0.478 e. The van der Waals surface area contributed by atoms with E-state index >= 15 is 0 Å². The molecule has 170 valence electrons. The number of hydrogen-bond acceptors (Lipinski definition) is 4. The average molecular weight is 467 g/mol. The fourth-order valence-electron chi connectivity index (χ4n) is 3.55. The van der Waals surface area contributed by atoms with Gasteiger partial charge in [0.2, 0.25) is 5.91 Å². The SMILES string of the molecule is O=C(CCCCc1cc(Cl)ccc1[N+](=O)[O-])NCc1ccc(-c2ccccc2C(=O)O)cc1. The van der Waals surface area contributed by atoms with E-state index in [1.807, 2.05) is 24.3 Å². The fourth-order valence-corrected chi connectivity index (χ4v) is 3.74. The lowest BCUT2D eigenvalue weighted by Gasteiger charge is -2.09. The Hall–Kier alpha value is -3.71. The number of aromatic carboxylic acids is 1. The first-order chi connectivity index (χ1) is 15.8. The first-order valence-electron chi connectivity index (χ1n) is 10.5. The summed E-state index contributed by atoms with van der Waals surface area (Å²) in [5, 5.41) is 23.8. The van der Waals surface area contributed by atoms with Crippen molar-refractivity contribution in [2.24, 2.45) is 0 Å². The lowest BCUT2D eigenvalue weighted by Crippen LogP contribution is -2.22. The van der Waals surface area contributed by atoms with Crippen molar-refractivity contribution >= 4 is 29.2 Å². The summed E-state index contributed by atoms with van der Waals surface area (Å²) in [6.07, 6.45) is 2.02. The number of carboxylic acid groups (broad SMARTS) is 1. The second kappa shape index (κ2) is 11.2. The minimum atomic E-state index is -0.980. The summed E-state index contributed by atoms with van der Waals surface area (Å²) in [6.45, 7) is 0.361. The van der Waals surface area contributed by atoms with Crippen molar-refractivity contribution in [1.29, 1.82) is 0 Å². The van der Waals surface area contributed by atoms with Crippen molar-refractivity contribution in [3.63, 3.8) is 0 Å². The zero-order chi connectivity index (χ0) is 23.8. The van der Waals surface area contributed by atoms with Gasteiger partial charge in [-0.25, -0.2) is 4.79 Å². The lowest BCUT2D eigenvalue weighted by molar-refractivity contribution is -0.385. The monoisotopic (exact) mass is 466 g/mol. The summed E-state index contributed by atoms with van der Waals surface area (Å²) in [5.41, 5.74) is 3.17. The van der Waals surface area contributed by atoms with Crippen LogP contribution in [0, 0.1) is 10.1 Å². The van der Waals surface area contributed by atoms with E-state index in [4.69, 9.17) is 11.6 Å². The molecule has 0 aromatic heterocycles. The largest absolute Gasteiger partial charge is 0.478 e. The number of carboxylic acids is 1. The summed E-state index contributed by atoms with van der Waals surface area (Å²) >= 11 is 5.94. The standard InChI is InChI=1S/C25H23ClN2O5/c26-20-13-14-23(28(32)33)19(15-20)5-1-4-8-24(29)27-16-17-9-11-18(12-10-17)21-6-2-3-7-22(21)25(30)31/h2-3,6-7,9-15H,1,4-5,8,16H2,(H,27,29)(H,30,31). The molecule has 3 rings (SSSR count). The average Bonchev–Trinajstić information content (AvgIpc) is 2.80. The van der Waals surface area contributed by atoms with Crippen molar-refractivity contribution in [2.75, 3.05) is 0 Å². The predicted octanol–water partition coefficient (Wildman–Crippen LogP) is 5.64. The highest BCUT2D eigenvalue weighted by molar-refractivity contribution is 6.30. The normalized spacial score (nSPS) is 10.6. The molecule has 33 heavy (non-hydrogen) atoms. The highest BCUT2D eigenvalue weighted by Gasteiger charge is 2.14. The summed E-state index contributed by atoms with van der Waals surface area (Å²) in [7, 11) is 0. The molecule has 0 heterocycles. The van der Waals surface area contributed by atoms with Crippen LogP contribution in [0.3, 0.4) is 0 Å². The van der Waals surface area contributed by atoms with Gasteiger partial charge in [0, 0.05) is 29.6 Å². The van der Waals surface area contributed by atoms with Crippen LogP contribution in [0.25, 0.3) is 11.1 Å². The van der Waals surface area contributed by atoms with Crippen LogP contribution in [-0.4, -0.2) is 21.9 Å². The number of nitrogens with zero attached hydrogens (tertiary/aromatic N) is 1. The number of amides is 1. The molecule has 0 aliphatic carbocycles. The molecule has 0 atom stereocenters. The van der Waals surface area contributed by atoms with Crippen LogP contribution >= 0.6 is 11.6 Å². The molecular formula is C25H23ClN2O5. The van der Waals surface area contributed by atoms with E-state index in [1.165, 1.54) is 12.1 Å². The van der Waals surface area contributed by atoms with Gasteiger partial charge in [-0.1, -0.05) is 54.1 Å². The van der Waals surface area contributed by atoms with Gasteiger partial charge in [0.25, 0.3) is 5.69 Å². The first kappa shape index (κ1) is 23.9. The molecular weight excluding hydrogens is 444 g/mol. The number of nitro benzene ring substituents is 1. The summed E-state index contributed by atoms with van der Waals surface area (Å²) in [4.78, 5) is 34.3. The number of nitro groups is 1. The van der Waals surface area contributed by atoms with E-state index in [0.29, 0.717) is 48.4 Å². The maximum absolute atomic E-state index is 12.2. The summed E-state index contributed by atoms with van der Waals surface area (Å²) in [5.74, 6) is -1.08. The number of halogens is 1. The van der Waals surface area contributed by atoms with Crippen molar-refractivity contribution < 1.29 is 19.6 Å². The smallest absolute Gasteiger partial charge is 0.336 e. The van der Waals surface area contributed by atoms with Crippen LogP contribution in [-0.2, 0) is 17.8 Å². The summed E-state index contributed by atoms with van der Waals surface area (Å²) in [6, 6.07) is 18.7. The van der Waals surface area contributed by atoms with Crippen LogP contribution in [0.1, 0.15) is 40.7 Å². The van der Waals surface area contributed by atoms with Crippen molar-refractivity contribution in [2.45, 2.75) is 32.2 Å². The molecule has 0 aliphatic rings. The third-order valence-electron chi connectivity index (χ3n) is 5.25. The Balaban J connectivity index is 1.47. The maximum atomic E-state index is 12.2.